The van der Waals surface area contributed by atoms with Crippen LogP contribution in [0.2, 0.25) is 0 Å². The van der Waals surface area contributed by atoms with Gasteiger partial charge in [0.25, 0.3) is 0 Å². The number of aryl methyl sites for hydroxylation is 1. The lowest BCUT2D eigenvalue weighted by atomic mass is 9.75. The molecule has 0 saturated heterocycles. The maximum absolute atomic E-state index is 12.4. The average molecular weight is 324 g/mol. The van der Waals surface area contributed by atoms with Crippen molar-refractivity contribution < 1.29 is 19.1 Å². The fourth-order valence-corrected chi connectivity index (χ4v) is 3.22. The van der Waals surface area contributed by atoms with E-state index in [1.165, 1.54) is 12.0 Å². The first-order chi connectivity index (χ1) is 10.7. The number of methoxy groups -OCH3 is 1. The summed E-state index contributed by atoms with van der Waals surface area (Å²) in [4.78, 5) is 13.9. The number of urea groups is 1. The van der Waals surface area contributed by atoms with Gasteiger partial charge in [-0.1, -0.05) is 13.8 Å². The molecule has 1 aliphatic carbocycles. The number of aliphatic hydroxyl groups is 1. The Morgan fingerprint density at radius 2 is 2.30 bits per heavy atom. The molecule has 23 heavy (non-hydrogen) atoms. The normalized spacial score (nSPS) is 20.7. The van der Waals surface area contributed by atoms with E-state index in [0.717, 1.165) is 29.9 Å². The summed E-state index contributed by atoms with van der Waals surface area (Å²) in [6.07, 6.45) is 1.05. The molecule has 1 heterocycles. The Morgan fingerprint density at radius 3 is 2.96 bits per heavy atom. The molecule has 1 aliphatic rings. The summed E-state index contributed by atoms with van der Waals surface area (Å²) in [7, 11) is 3.19. The molecular weight excluding hydrogens is 296 g/mol. The van der Waals surface area contributed by atoms with E-state index in [-0.39, 0.29) is 30.6 Å². The third-order valence-corrected chi connectivity index (χ3v) is 4.22. The van der Waals surface area contributed by atoms with E-state index in [2.05, 4.69) is 19.2 Å². The Morgan fingerprint density at radius 1 is 1.61 bits per heavy atom. The second kappa shape index (κ2) is 6.93. The zero-order chi connectivity index (χ0) is 17.2. The van der Waals surface area contributed by atoms with Gasteiger partial charge in [-0.05, 0) is 24.8 Å². The van der Waals surface area contributed by atoms with Gasteiger partial charge < -0.3 is 24.5 Å². The standard InChI is InChI=1S/C17H28N2O4/c1-11-6-13-14(7-17(2,3)8-15(13)23-11)18-16(21)19(4)9-12(20)10-22-5/h6,12,14,20H,7-10H2,1-5H3,(H,18,21)/t12-,14+/m1/s1. The van der Waals surface area contributed by atoms with E-state index in [9.17, 15) is 9.90 Å². The fraction of sp³-hybridized carbons (Fsp3) is 0.706. The van der Waals surface area contributed by atoms with Crippen LogP contribution in [0.4, 0.5) is 4.79 Å². The van der Waals surface area contributed by atoms with Gasteiger partial charge in [-0.3, -0.25) is 0 Å². The summed E-state index contributed by atoms with van der Waals surface area (Å²) in [5.74, 6) is 1.84. The second-order valence-corrected chi connectivity index (χ2v) is 7.27. The van der Waals surface area contributed by atoms with Crippen molar-refractivity contribution in [3.8, 4) is 0 Å². The predicted molar refractivity (Wildman–Crippen MR) is 87.3 cm³/mol. The minimum Gasteiger partial charge on any atom is -0.466 e. The fourth-order valence-electron chi connectivity index (χ4n) is 3.22. The third-order valence-electron chi connectivity index (χ3n) is 4.22. The quantitative estimate of drug-likeness (QED) is 0.871. The number of rotatable bonds is 5. The average Bonchev–Trinajstić information content (AvgIpc) is 2.77. The molecule has 0 aromatic carbocycles. The summed E-state index contributed by atoms with van der Waals surface area (Å²) >= 11 is 0. The number of hydrogen-bond donors (Lipinski definition) is 2. The molecule has 0 spiro atoms. The zero-order valence-electron chi connectivity index (χ0n) is 14.7. The molecule has 1 aromatic heterocycles. The lowest BCUT2D eigenvalue weighted by Crippen LogP contribution is -2.45. The summed E-state index contributed by atoms with van der Waals surface area (Å²) in [5, 5.41) is 12.8. The number of likely N-dealkylation sites (N-methyl/N-ethyl adjacent to an activating group) is 1. The smallest absolute Gasteiger partial charge is 0.317 e. The van der Waals surface area contributed by atoms with Crippen LogP contribution >= 0.6 is 0 Å². The molecule has 6 heteroatoms. The highest BCUT2D eigenvalue weighted by atomic mass is 16.5. The molecule has 0 radical (unpaired) electrons. The van der Waals surface area contributed by atoms with Gasteiger partial charge in [0.2, 0.25) is 0 Å². The molecule has 0 fully saturated rings. The Bertz CT molecular complexity index is 553. The van der Waals surface area contributed by atoms with Crippen LogP contribution in [-0.2, 0) is 11.2 Å². The van der Waals surface area contributed by atoms with E-state index >= 15 is 0 Å². The molecule has 2 N–H and O–H groups in total. The molecule has 130 valence electrons. The molecule has 0 unspecified atom stereocenters. The second-order valence-electron chi connectivity index (χ2n) is 7.27. The van der Waals surface area contributed by atoms with Gasteiger partial charge in [0, 0.05) is 26.1 Å². The van der Waals surface area contributed by atoms with Crippen LogP contribution in [0, 0.1) is 12.3 Å². The minimum atomic E-state index is -0.690. The molecule has 2 atom stereocenters. The van der Waals surface area contributed by atoms with Crippen molar-refractivity contribution >= 4 is 6.03 Å². The molecule has 0 bridgehead atoms. The molecule has 2 rings (SSSR count). The van der Waals surface area contributed by atoms with Crippen LogP contribution < -0.4 is 5.32 Å². The molecule has 0 aliphatic heterocycles. The van der Waals surface area contributed by atoms with Crippen molar-refractivity contribution in [1.82, 2.24) is 10.2 Å². The van der Waals surface area contributed by atoms with Gasteiger partial charge in [-0.25, -0.2) is 4.79 Å². The van der Waals surface area contributed by atoms with Gasteiger partial charge in [0.1, 0.15) is 11.5 Å². The number of fused-ring (bicyclic) bond motifs is 1. The van der Waals surface area contributed by atoms with Gasteiger partial charge in [-0.2, -0.15) is 0 Å². The number of nitrogens with one attached hydrogen (secondary N) is 1. The summed E-state index contributed by atoms with van der Waals surface area (Å²) in [6.45, 7) is 6.72. The summed E-state index contributed by atoms with van der Waals surface area (Å²) in [5.41, 5.74) is 1.14. The van der Waals surface area contributed by atoms with Gasteiger partial charge in [0.05, 0.1) is 25.3 Å². The molecule has 0 saturated carbocycles. The largest absolute Gasteiger partial charge is 0.466 e. The first-order valence-corrected chi connectivity index (χ1v) is 7.99. The Kier molecular flexibility index (Phi) is 5.37. The van der Waals surface area contributed by atoms with Gasteiger partial charge in [0.15, 0.2) is 0 Å². The lowest BCUT2D eigenvalue weighted by Gasteiger charge is -2.35. The van der Waals surface area contributed by atoms with Crippen LogP contribution in [-0.4, -0.2) is 49.5 Å². The minimum absolute atomic E-state index is 0.0688. The number of carbonyl (C=O) groups excluding carboxylic acids is 1. The van der Waals surface area contributed by atoms with Crippen molar-refractivity contribution in [2.75, 3.05) is 27.3 Å². The number of ether oxygens (including phenoxy) is 1. The van der Waals surface area contributed by atoms with Crippen molar-refractivity contribution in [3.05, 3.63) is 23.2 Å². The monoisotopic (exact) mass is 324 g/mol. The van der Waals surface area contributed by atoms with Crippen LogP contribution in [0.1, 0.15) is 43.4 Å². The van der Waals surface area contributed by atoms with E-state index < -0.39 is 6.10 Å². The third kappa shape index (κ3) is 4.48. The Hall–Kier alpha value is -1.53. The van der Waals surface area contributed by atoms with Crippen molar-refractivity contribution in [3.63, 3.8) is 0 Å². The highest BCUT2D eigenvalue weighted by Crippen LogP contribution is 2.42. The first-order valence-electron chi connectivity index (χ1n) is 7.99. The van der Waals surface area contributed by atoms with Crippen LogP contribution in [0.15, 0.2) is 10.5 Å². The Balaban J connectivity index is 2.05. The van der Waals surface area contributed by atoms with E-state index in [1.807, 2.05) is 13.0 Å². The summed E-state index contributed by atoms with van der Waals surface area (Å²) < 4.78 is 10.7. The topological polar surface area (TPSA) is 74.9 Å². The molecule has 2 amide bonds. The lowest BCUT2D eigenvalue weighted by molar-refractivity contribution is 0.0485. The molecule has 6 nitrogen and oxygen atoms in total. The van der Waals surface area contributed by atoms with Crippen molar-refractivity contribution in [2.24, 2.45) is 5.41 Å². The number of hydrogen-bond acceptors (Lipinski definition) is 4. The van der Waals surface area contributed by atoms with E-state index in [0.29, 0.717) is 0 Å². The number of carbonyl (C=O) groups is 1. The number of aliphatic hydroxyl groups excluding tert-OH is 1. The summed E-state index contributed by atoms with van der Waals surface area (Å²) in [6, 6.07) is 1.74. The number of nitrogens with zero attached hydrogens (tertiary/aromatic N) is 1. The highest BCUT2D eigenvalue weighted by molar-refractivity contribution is 5.74. The van der Waals surface area contributed by atoms with Crippen molar-refractivity contribution in [1.29, 1.82) is 0 Å². The molecular formula is C17H28N2O4. The van der Waals surface area contributed by atoms with Crippen molar-refractivity contribution in [2.45, 2.75) is 45.8 Å². The number of amides is 2. The highest BCUT2D eigenvalue weighted by Gasteiger charge is 2.36. The van der Waals surface area contributed by atoms with Crippen LogP contribution in [0.25, 0.3) is 0 Å². The van der Waals surface area contributed by atoms with Crippen LogP contribution in [0.3, 0.4) is 0 Å². The zero-order valence-corrected chi connectivity index (χ0v) is 14.7. The van der Waals surface area contributed by atoms with Crippen LogP contribution in [0.5, 0.6) is 0 Å². The molecule has 1 aromatic rings. The number of furan rings is 1. The predicted octanol–water partition coefficient (Wildman–Crippen LogP) is 2.25. The van der Waals surface area contributed by atoms with Gasteiger partial charge in [-0.15, -0.1) is 0 Å². The van der Waals surface area contributed by atoms with E-state index in [1.54, 1.807) is 7.05 Å². The first kappa shape index (κ1) is 17.8. The van der Waals surface area contributed by atoms with Gasteiger partial charge >= 0.3 is 6.03 Å². The van der Waals surface area contributed by atoms with E-state index in [4.69, 9.17) is 9.15 Å². The maximum atomic E-state index is 12.4. The SMILES string of the molecule is COC[C@H](O)CN(C)C(=O)N[C@H]1CC(C)(C)Cc2oc(C)cc21. The maximum Gasteiger partial charge on any atom is 0.317 e. The Labute approximate surface area is 137 Å².